The largest absolute Gasteiger partial charge is 0.192 e. The fourth-order valence-electron chi connectivity index (χ4n) is 0.824. The number of nitriles is 1. The van der Waals surface area contributed by atoms with Gasteiger partial charge in [-0.1, -0.05) is 24.0 Å². The Kier molecular flexibility index (Phi) is 3.26. The first-order valence-electron chi connectivity index (χ1n) is 3.47. The van der Waals surface area contributed by atoms with E-state index in [1.165, 1.54) is 0 Å². The van der Waals surface area contributed by atoms with Crippen LogP contribution in [0.1, 0.15) is 11.1 Å². The summed E-state index contributed by atoms with van der Waals surface area (Å²) in [4.78, 5) is 0. The van der Waals surface area contributed by atoms with Crippen molar-refractivity contribution >= 4 is 12.6 Å². The predicted molar refractivity (Wildman–Crippen MR) is 51.9 cm³/mol. The topological polar surface area (TPSA) is 23.8 Å². The Bertz CT molecular complexity index is 365. The second kappa shape index (κ2) is 4.49. The van der Waals surface area contributed by atoms with Gasteiger partial charge in [0.2, 0.25) is 0 Å². The van der Waals surface area contributed by atoms with Crippen molar-refractivity contribution in [3.05, 3.63) is 35.4 Å². The molecule has 0 saturated carbocycles. The van der Waals surface area contributed by atoms with Crippen molar-refractivity contribution < 1.29 is 0 Å². The highest BCUT2D eigenvalue weighted by atomic mass is 32.1. The third-order valence-electron chi connectivity index (χ3n) is 1.35. The molecule has 1 nitrogen and oxygen atoms in total. The molecule has 0 bridgehead atoms. The van der Waals surface area contributed by atoms with Crippen molar-refractivity contribution in [3.8, 4) is 17.9 Å². The van der Waals surface area contributed by atoms with Crippen LogP contribution in [0.25, 0.3) is 0 Å². The van der Waals surface area contributed by atoms with Gasteiger partial charge in [-0.25, -0.2) is 0 Å². The first-order valence-corrected chi connectivity index (χ1v) is 4.10. The molecule has 58 valence electrons. The molecule has 0 aliphatic heterocycles. The van der Waals surface area contributed by atoms with E-state index in [0.29, 0.717) is 11.3 Å². The zero-order valence-corrected chi connectivity index (χ0v) is 7.31. The Labute approximate surface area is 77.4 Å². The van der Waals surface area contributed by atoms with Crippen LogP contribution in [0.4, 0.5) is 0 Å². The first kappa shape index (κ1) is 8.71. The molecule has 0 amide bonds. The third-order valence-corrected chi connectivity index (χ3v) is 1.51. The van der Waals surface area contributed by atoms with Crippen molar-refractivity contribution in [1.29, 1.82) is 5.26 Å². The second-order valence-corrected chi connectivity index (χ2v) is 2.43. The van der Waals surface area contributed by atoms with Crippen molar-refractivity contribution in [2.75, 3.05) is 5.75 Å². The van der Waals surface area contributed by atoms with Crippen LogP contribution >= 0.6 is 12.6 Å². The molecule has 0 atom stereocenters. The lowest BCUT2D eigenvalue weighted by Crippen LogP contribution is -1.81. The van der Waals surface area contributed by atoms with Crippen LogP contribution in [-0.2, 0) is 0 Å². The van der Waals surface area contributed by atoms with E-state index in [-0.39, 0.29) is 0 Å². The van der Waals surface area contributed by atoms with Crippen molar-refractivity contribution in [2.24, 2.45) is 0 Å². The highest BCUT2D eigenvalue weighted by Crippen LogP contribution is 2.04. The summed E-state index contributed by atoms with van der Waals surface area (Å²) >= 11 is 3.96. The number of hydrogen-bond donors (Lipinski definition) is 1. The van der Waals surface area contributed by atoms with E-state index in [1.807, 2.05) is 18.2 Å². The quantitative estimate of drug-likeness (QED) is 0.469. The minimum Gasteiger partial charge on any atom is -0.192 e. The smallest absolute Gasteiger partial charge is 0.100 e. The molecule has 0 aromatic heterocycles. The molecule has 0 aliphatic carbocycles. The predicted octanol–water partition coefficient (Wildman–Crippen LogP) is 1.84. The summed E-state index contributed by atoms with van der Waals surface area (Å²) in [5.41, 5.74) is 1.39. The average molecular weight is 173 g/mol. The SMILES string of the molecule is N#Cc1ccccc1C#CCS. The molecule has 0 unspecified atom stereocenters. The average Bonchev–Trinajstić information content (AvgIpc) is 2.15. The Hall–Kier alpha value is -1.38. The summed E-state index contributed by atoms with van der Waals surface area (Å²) < 4.78 is 0. The maximum absolute atomic E-state index is 8.68. The summed E-state index contributed by atoms with van der Waals surface area (Å²) in [6.07, 6.45) is 0. The van der Waals surface area contributed by atoms with Gasteiger partial charge in [0.1, 0.15) is 6.07 Å². The second-order valence-electron chi connectivity index (χ2n) is 2.12. The summed E-state index contributed by atoms with van der Waals surface area (Å²) in [7, 11) is 0. The molecule has 1 aromatic rings. The molecule has 0 N–H and O–H groups in total. The van der Waals surface area contributed by atoms with E-state index in [4.69, 9.17) is 5.26 Å². The van der Waals surface area contributed by atoms with Crippen molar-refractivity contribution in [1.82, 2.24) is 0 Å². The number of thiol groups is 1. The van der Waals surface area contributed by atoms with E-state index >= 15 is 0 Å². The van der Waals surface area contributed by atoms with E-state index < -0.39 is 0 Å². The minimum atomic E-state index is 0.514. The third kappa shape index (κ3) is 2.05. The van der Waals surface area contributed by atoms with Gasteiger partial charge in [-0.05, 0) is 12.1 Å². The number of rotatable bonds is 0. The summed E-state index contributed by atoms with van der Waals surface area (Å²) in [6.45, 7) is 0. The van der Waals surface area contributed by atoms with E-state index in [9.17, 15) is 0 Å². The molecular formula is C10H7NS. The first-order chi connectivity index (χ1) is 5.88. The Morgan fingerprint density at radius 2 is 1.92 bits per heavy atom. The molecule has 0 aliphatic rings. The number of nitrogens with zero attached hydrogens (tertiary/aromatic N) is 1. The molecule has 1 aromatic carbocycles. The molecule has 0 spiro atoms. The van der Waals surface area contributed by atoms with Gasteiger partial charge in [-0.2, -0.15) is 17.9 Å². The Balaban J connectivity index is 3.07. The molecule has 0 saturated heterocycles. The van der Waals surface area contributed by atoms with Crippen molar-refractivity contribution in [2.45, 2.75) is 0 Å². The van der Waals surface area contributed by atoms with E-state index in [2.05, 4.69) is 30.5 Å². The highest BCUT2D eigenvalue weighted by molar-refractivity contribution is 7.80. The lowest BCUT2D eigenvalue weighted by molar-refractivity contribution is 1.47. The van der Waals surface area contributed by atoms with Gasteiger partial charge in [0.25, 0.3) is 0 Å². The highest BCUT2D eigenvalue weighted by Gasteiger charge is 1.94. The van der Waals surface area contributed by atoms with Crippen LogP contribution in [0.3, 0.4) is 0 Å². The normalized spacial score (nSPS) is 8.00. The fourth-order valence-corrected chi connectivity index (χ4v) is 0.903. The monoisotopic (exact) mass is 173 g/mol. The Morgan fingerprint density at radius 1 is 1.25 bits per heavy atom. The maximum Gasteiger partial charge on any atom is 0.100 e. The van der Waals surface area contributed by atoms with E-state index in [1.54, 1.807) is 6.07 Å². The standard InChI is InChI=1S/C10H7NS/c11-8-10-5-2-1-4-9(10)6-3-7-12/h1-2,4-5,12H,7H2. The van der Waals surface area contributed by atoms with Gasteiger partial charge < -0.3 is 0 Å². The van der Waals surface area contributed by atoms with Crippen LogP contribution in [0.2, 0.25) is 0 Å². The molecule has 2 heteroatoms. The summed E-state index contributed by atoms with van der Waals surface area (Å²) in [6, 6.07) is 9.35. The summed E-state index contributed by atoms with van der Waals surface area (Å²) in [5, 5.41) is 8.68. The van der Waals surface area contributed by atoms with Crippen LogP contribution in [0.5, 0.6) is 0 Å². The fraction of sp³-hybridized carbons (Fsp3) is 0.100. The zero-order chi connectivity index (χ0) is 8.81. The molecular weight excluding hydrogens is 166 g/mol. The van der Waals surface area contributed by atoms with Gasteiger partial charge in [-0.3, -0.25) is 0 Å². The number of hydrogen-bond acceptors (Lipinski definition) is 2. The van der Waals surface area contributed by atoms with Gasteiger partial charge in [0.05, 0.1) is 11.3 Å². The van der Waals surface area contributed by atoms with Crippen LogP contribution in [-0.4, -0.2) is 5.75 Å². The van der Waals surface area contributed by atoms with Gasteiger partial charge in [0.15, 0.2) is 0 Å². The van der Waals surface area contributed by atoms with Crippen molar-refractivity contribution in [3.63, 3.8) is 0 Å². The maximum atomic E-state index is 8.68. The molecule has 0 heterocycles. The molecule has 0 fully saturated rings. The van der Waals surface area contributed by atoms with Crippen LogP contribution in [0.15, 0.2) is 24.3 Å². The zero-order valence-electron chi connectivity index (χ0n) is 6.41. The number of benzene rings is 1. The van der Waals surface area contributed by atoms with Gasteiger partial charge >= 0.3 is 0 Å². The molecule has 12 heavy (non-hydrogen) atoms. The van der Waals surface area contributed by atoms with Crippen LogP contribution < -0.4 is 0 Å². The Morgan fingerprint density at radius 3 is 2.50 bits per heavy atom. The summed E-state index contributed by atoms with van der Waals surface area (Å²) in [5.74, 6) is 6.18. The molecule has 0 radical (unpaired) electrons. The van der Waals surface area contributed by atoms with Crippen LogP contribution in [0, 0.1) is 23.2 Å². The minimum absolute atomic E-state index is 0.514. The lowest BCUT2D eigenvalue weighted by atomic mass is 10.1. The van der Waals surface area contributed by atoms with E-state index in [0.717, 1.165) is 5.56 Å². The lowest BCUT2D eigenvalue weighted by Gasteiger charge is -1.91. The van der Waals surface area contributed by atoms with Gasteiger partial charge in [0, 0.05) is 5.56 Å². The molecule has 1 rings (SSSR count). The van der Waals surface area contributed by atoms with Gasteiger partial charge in [-0.15, -0.1) is 0 Å².